The van der Waals surface area contributed by atoms with Crippen LogP contribution in [0.3, 0.4) is 0 Å². The van der Waals surface area contributed by atoms with E-state index in [1.165, 1.54) is 19.1 Å². The van der Waals surface area contributed by atoms with E-state index in [9.17, 15) is 9.59 Å². The third-order valence-corrected chi connectivity index (χ3v) is 2.13. The Morgan fingerprint density at radius 2 is 2.07 bits per heavy atom. The number of nitrogens with zero attached hydrogens (tertiary/aromatic N) is 1. The molecule has 6 nitrogen and oxygen atoms in total. The van der Waals surface area contributed by atoms with Gasteiger partial charge in [0, 0.05) is 6.54 Å². The normalized spacial score (nSPS) is 20.4. The number of carbonyl (C=O) groups is 2. The summed E-state index contributed by atoms with van der Waals surface area (Å²) in [5, 5.41) is 2.56. The van der Waals surface area contributed by atoms with Crippen LogP contribution in [0.1, 0.15) is 12.8 Å². The average molecular weight is 202 g/mol. The Morgan fingerprint density at radius 3 is 2.64 bits per heavy atom. The van der Waals surface area contributed by atoms with E-state index in [1.807, 2.05) is 0 Å². The summed E-state index contributed by atoms with van der Waals surface area (Å²) in [6.07, 6.45) is 0.304. The lowest BCUT2D eigenvalue weighted by molar-refractivity contribution is 0.107. The van der Waals surface area contributed by atoms with Gasteiger partial charge in [-0.2, -0.15) is 0 Å². The summed E-state index contributed by atoms with van der Waals surface area (Å²) in [6.45, 7) is 0.599. The largest absolute Gasteiger partial charge is 0.453 e. The SMILES string of the molecule is COC(=O)N[C@@H]1CCCN1C(=O)OC. The van der Waals surface area contributed by atoms with Gasteiger partial charge in [0.25, 0.3) is 0 Å². The van der Waals surface area contributed by atoms with E-state index < -0.39 is 12.2 Å². The Labute approximate surface area is 82.1 Å². The fraction of sp³-hybridized carbons (Fsp3) is 0.750. The van der Waals surface area contributed by atoms with Crippen molar-refractivity contribution in [1.29, 1.82) is 0 Å². The summed E-state index contributed by atoms with van der Waals surface area (Å²) in [5.74, 6) is 0. The molecule has 1 heterocycles. The fourth-order valence-electron chi connectivity index (χ4n) is 1.45. The maximum Gasteiger partial charge on any atom is 0.411 e. The minimum atomic E-state index is -0.536. The highest BCUT2D eigenvalue weighted by molar-refractivity contribution is 5.71. The summed E-state index contributed by atoms with van der Waals surface area (Å²) < 4.78 is 9.02. The Morgan fingerprint density at radius 1 is 1.36 bits per heavy atom. The number of hydrogen-bond acceptors (Lipinski definition) is 4. The van der Waals surface area contributed by atoms with Crippen molar-refractivity contribution in [3.63, 3.8) is 0 Å². The Kier molecular flexibility index (Phi) is 3.55. The lowest BCUT2D eigenvalue weighted by atomic mass is 10.3. The first-order valence-corrected chi connectivity index (χ1v) is 4.38. The number of methoxy groups -OCH3 is 2. The van der Waals surface area contributed by atoms with Crippen LogP contribution in [0.15, 0.2) is 0 Å². The van der Waals surface area contributed by atoms with Crippen LogP contribution < -0.4 is 5.32 Å². The molecule has 14 heavy (non-hydrogen) atoms. The molecule has 1 rings (SSSR count). The second-order valence-electron chi connectivity index (χ2n) is 2.96. The lowest BCUT2D eigenvalue weighted by Crippen LogP contribution is -2.46. The summed E-state index contributed by atoms with van der Waals surface area (Å²) in [4.78, 5) is 23.6. The molecule has 80 valence electrons. The molecule has 1 aliphatic heterocycles. The van der Waals surface area contributed by atoms with Gasteiger partial charge in [0.15, 0.2) is 0 Å². The molecule has 1 aliphatic rings. The van der Waals surface area contributed by atoms with Gasteiger partial charge < -0.3 is 14.8 Å². The van der Waals surface area contributed by atoms with Crippen LogP contribution >= 0.6 is 0 Å². The molecule has 1 saturated heterocycles. The minimum absolute atomic E-state index is 0.310. The van der Waals surface area contributed by atoms with E-state index >= 15 is 0 Å². The third-order valence-electron chi connectivity index (χ3n) is 2.13. The predicted octanol–water partition coefficient (Wildman–Crippen LogP) is 0.531. The van der Waals surface area contributed by atoms with Crippen molar-refractivity contribution in [2.75, 3.05) is 20.8 Å². The minimum Gasteiger partial charge on any atom is -0.453 e. The van der Waals surface area contributed by atoms with Gasteiger partial charge >= 0.3 is 12.2 Å². The lowest BCUT2D eigenvalue weighted by Gasteiger charge is -2.23. The Bertz CT molecular complexity index is 231. The van der Waals surface area contributed by atoms with Gasteiger partial charge in [-0.15, -0.1) is 0 Å². The first-order valence-electron chi connectivity index (χ1n) is 4.38. The highest BCUT2D eigenvalue weighted by Gasteiger charge is 2.30. The Hall–Kier alpha value is -1.46. The molecular formula is C8H14N2O4. The van der Waals surface area contributed by atoms with E-state index in [2.05, 4.69) is 14.8 Å². The van der Waals surface area contributed by atoms with E-state index in [0.717, 1.165) is 12.8 Å². The molecule has 0 bridgehead atoms. The molecule has 0 aromatic carbocycles. The van der Waals surface area contributed by atoms with Crippen LogP contribution in [0.4, 0.5) is 9.59 Å². The van der Waals surface area contributed by atoms with Crippen molar-refractivity contribution in [3.05, 3.63) is 0 Å². The van der Waals surface area contributed by atoms with Gasteiger partial charge in [-0.05, 0) is 12.8 Å². The molecule has 1 atom stereocenters. The standard InChI is InChI=1S/C8H14N2O4/c1-13-7(11)9-6-4-3-5-10(6)8(12)14-2/h6H,3-5H2,1-2H3,(H,9,11)/t6-/m0/s1. The number of amides is 2. The zero-order valence-corrected chi connectivity index (χ0v) is 8.28. The quantitative estimate of drug-likeness (QED) is 0.673. The van der Waals surface area contributed by atoms with Crippen LogP contribution in [0, 0.1) is 0 Å². The van der Waals surface area contributed by atoms with E-state index in [-0.39, 0.29) is 6.17 Å². The van der Waals surface area contributed by atoms with Gasteiger partial charge in [0.2, 0.25) is 0 Å². The molecule has 0 aromatic heterocycles. The smallest absolute Gasteiger partial charge is 0.411 e. The van der Waals surface area contributed by atoms with E-state index in [0.29, 0.717) is 6.54 Å². The van der Waals surface area contributed by atoms with Gasteiger partial charge in [-0.3, -0.25) is 4.90 Å². The van der Waals surface area contributed by atoms with Crippen molar-refractivity contribution in [1.82, 2.24) is 10.2 Å². The molecule has 6 heteroatoms. The number of alkyl carbamates (subject to hydrolysis) is 1. The summed E-state index contributed by atoms with van der Waals surface area (Å²) in [7, 11) is 2.60. The predicted molar refractivity (Wildman–Crippen MR) is 47.7 cm³/mol. The van der Waals surface area contributed by atoms with Crippen molar-refractivity contribution < 1.29 is 19.1 Å². The van der Waals surface area contributed by atoms with E-state index in [4.69, 9.17) is 0 Å². The monoisotopic (exact) mass is 202 g/mol. The zero-order chi connectivity index (χ0) is 10.6. The van der Waals surface area contributed by atoms with Crippen LogP contribution in [-0.4, -0.2) is 44.0 Å². The fourth-order valence-corrected chi connectivity index (χ4v) is 1.45. The highest BCUT2D eigenvalue weighted by Crippen LogP contribution is 2.15. The topological polar surface area (TPSA) is 67.9 Å². The average Bonchev–Trinajstić information content (AvgIpc) is 2.64. The van der Waals surface area contributed by atoms with E-state index in [1.54, 1.807) is 0 Å². The first kappa shape index (κ1) is 10.6. The van der Waals surface area contributed by atoms with Crippen LogP contribution in [0.5, 0.6) is 0 Å². The van der Waals surface area contributed by atoms with Crippen molar-refractivity contribution in [3.8, 4) is 0 Å². The molecule has 0 unspecified atom stereocenters. The highest BCUT2D eigenvalue weighted by atomic mass is 16.5. The number of nitrogens with one attached hydrogen (secondary N) is 1. The molecular weight excluding hydrogens is 188 g/mol. The zero-order valence-electron chi connectivity index (χ0n) is 8.28. The summed E-state index contributed by atoms with van der Waals surface area (Å²) >= 11 is 0. The van der Waals surface area contributed by atoms with Crippen molar-refractivity contribution in [2.45, 2.75) is 19.0 Å². The van der Waals surface area contributed by atoms with Gasteiger partial charge in [-0.25, -0.2) is 9.59 Å². The van der Waals surface area contributed by atoms with Crippen LogP contribution in [0.2, 0.25) is 0 Å². The molecule has 0 spiro atoms. The second kappa shape index (κ2) is 4.69. The number of rotatable bonds is 1. The van der Waals surface area contributed by atoms with Crippen LogP contribution in [0.25, 0.3) is 0 Å². The molecule has 0 aromatic rings. The number of hydrogen-bond donors (Lipinski definition) is 1. The molecule has 0 radical (unpaired) electrons. The molecule has 1 fully saturated rings. The van der Waals surface area contributed by atoms with Gasteiger partial charge in [0.1, 0.15) is 6.17 Å². The van der Waals surface area contributed by atoms with Crippen LogP contribution in [-0.2, 0) is 9.47 Å². The summed E-state index contributed by atoms with van der Waals surface area (Å²) in [6, 6.07) is 0. The Balaban J connectivity index is 2.51. The maximum atomic E-state index is 11.2. The van der Waals surface area contributed by atoms with Gasteiger partial charge in [0.05, 0.1) is 14.2 Å². The molecule has 2 amide bonds. The second-order valence-corrected chi connectivity index (χ2v) is 2.96. The maximum absolute atomic E-state index is 11.2. The molecule has 0 saturated carbocycles. The van der Waals surface area contributed by atoms with Crippen molar-refractivity contribution >= 4 is 12.2 Å². The number of carbonyl (C=O) groups excluding carboxylic acids is 2. The van der Waals surface area contributed by atoms with Gasteiger partial charge in [-0.1, -0.05) is 0 Å². The first-order chi connectivity index (χ1) is 6.69. The molecule has 0 aliphatic carbocycles. The van der Waals surface area contributed by atoms with Crippen molar-refractivity contribution in [2.24, 2.45) is 0 Å². The number of likely N-dealkylation sites (tertiary alicyclic amines) is 1. The molecule has 1 N–H and O–H groups in total. The summed E-state index contributed by atoms with van der Waals surface area (Å²) in [5.41, 5.74) is 0. The third kappa shape index (κ3) is 2.27. The number of ether oxygens (including phenoxy) is 2.